The molecule has 2 aromatic carbocycles. The van der Waals surface area contributed by atoms with E-state index in [4.69, 9.17) is 17.0 Å². The number of rotatable bonds is 4. The quantitative estimate of drug-likeness (QED) is 0.427. The first-order valence-corrected chi connectivity index (χ1v) is 9.23. The van der Waals surface area contributed by atoms with Gasteiger partial charge in [0.2, 0.25) is 0 Å². The Morgan fingerprint density at radius 3 is 2.74 bits per heavy atom. The van der Waals surface area contributed by atoms with Gasteiger partial charge in [-0.2, -0.15) is 0 Å². The average molecular weight is 447 g/mol. The van der Waals surface area contributed by atoms with Crippen molar-refractivity contribution in [3.05, 3.63) is 58.1 Å². The zero-order valence-electron chi connectivity index (χ0n) is 14.2. The predicted octanol–water partition coefficient (Wildman–Crippen LogP) is 3.38. The maximum atomic E-state index is 13.0. The molecular weight excluding hydrogens is 432 g/mol. The number of hydrogen-bond acceptors (Lipinski definition) is 5. The molecule has 0 unspecified atom stereocenters. The SMILES string of the molecule is CCOc1cc(/C=C2/C(=O)NC(=S)N(c3cccc(Br)c3)C2=O)ccc1O. The van der Waals surface area contributed by atoms with Crippen LogP contribution in [0, 0.1) is 0 Å². The van der Waals surface area contributed by atoms with E-state index in [1.165, 1.54) is 17.0 Å². The maximum Gasteiger partial charge on any atom is 0.270 e. The Kier molecular flexibility index (Phi) is 5.57. The lowest BCUT2D eigenvalue weighted by molar-refractivity contribution is -0.122. The van der Waals surface area contributed by atoms with Crippen LogP contribution in [0.4, 0.5) is 5.69 Å². The molecule has 2 aromatic rings. The Morgan fingerprint density at radius 2 is 2.04 bits per heavy atom. The lowest BCUT2D eigenvalue weighted by Crippen LogP contribution is -2.54. The van der Waals surface area contributed by atoms with Crippen LogP contribution in [0.1, 0.15) is 12.5 Å². The summed E-state index contributed by atoms with van der Waals surface area (Å²) in [6.07, 6.45) is 1.44. The number of phenolic OH excluding ortho intramolecular Hbond substituents is 1. The Bertz CT molecular complexity index is 974. The van der Waals surface area contributed by atoms with Crippen LogP contribution in [-0.2, 0) is 9.59 Å². The van der Waals surface area contributed by atoms with E-state index in [-0.39, 0.29) is 22.2 Å². The molecule has 2 N–H and O–H groups in total. The second-order valence-corrected chi connectivity index (χ2v) is 6.90. The molecule has 138 valence electrons. The first kappa shape index (κ1) is 19.1. The van der Waals surface area contributed by atoms with Gasteiger partial charge in [0.1, 0.15) is 5.57 Å². The van der Waals surface area contributed by atoms with Crippen molar-refractivity contribution in [1.29, 1.82) is 0 Å². The van der Waals surface area contributed by atoms with E-state index in [9.17, 15) is 14.7 Å². The van der Waals surface area contributed by atoms with E-state index in [1.54, 1.807) is 37.3 Å². The molecule has 1 heterocycles. The number of amides is 2. The van der Waals surface area contributed by atoms with Gasteiger partial charge in [0.25, 0.3) is 11.8 Å². The van der Waals surface area contributed by atoms with Crippen molar-refractivity contribution in [3.63, 3.8) is 0 Å². The van der Waals surface area contributed by atoms with Gasteiger partial charge in [-0.05, 0) is 61.1 Å². The number of halogens is 1. The highest BCUT2D eigenvalue weighted by Crippen LogP contribution is 2.29. The van der Waals surface area contributed by atoms with Crippen molar-refractivity contribution in [2.75, 3.05) is 11.5 Å². The van der Waals surface area contributed by atoms with Crippen LogP contribution >= 0.6 is 28.1 Å². The molecule has 0 saturated carbocycles. The number of hydrogen-bond donors (Lipinski definition) is 2. The third kappa shape index (κ3) is 4.01. The summed E-state index contributed by atoms with van der Waals surface area (Å²) < 4.78 is 6.12. The molecule has 3 rings (SSSR count). The molecule has 1 saturated heterocycles. The van der Waals surface area contributed by atoms with Crippen molar-refractivity contribution in [1.82, 2.24) is 5.32 Å². The minimum atomic E-state index is -0.581. The number of aromatic hydroxyl groups is 1. The Morgan fingerprint density at radius 1 is 1.26 bits per heavy atom. The minimum Gasteiger partial charge on any atom is -0.504 e. The second-order valence-electron chi connectivity index (χ2n) is 5.60. The van der Waals surface area contributed by atoms with Gasteiger partial charge in [-0.15, -0.1) is 0 Å². The Hall–Kier alpha value is -2.71. The number of anilines is 1. The molecule has 8 heteroatoms. The minimum absolute atomic E-state index is 0.0148. The van der Waals surface area contributed by atoms with Crippen LogP contribution < -0.4 is 15.0 Å². The second kappa shape index (κ2) is 7.89. The number of carbonyl (C=O) groups excluding carboxylic acids is 2. The smallest absolute Gasteiger partial charge is 0.270 e. The van der Waals surface area contributed by atoms with Gasteiger partial charge in [0.05, 0.1) is 12.3 Å². The molecule has 0 aromatic heterocycles. The highest BCUT2D eigenvalue weighted by molar-refractivity contribution is 9.10. The molecule has 27 heavy (non-hydrogen) atoms. The molecule has 6 nitrogen and oxygen atoms in total. The molecule has 0 radical (unpaired) electrons. The van der Waals surface area contributed by atoms with E-state index in [1.807, 2.05) is 6.07 Å². The van der Waals surface area contributed by atoms with Crippen molar-refractivity contribution in [2.45, 2.75) is 6.92 Å². The lowest BCUT2D eigenvalue weighted by atomic mass is 10.1. The number of phenols is 1. The molecular formula is C19H15BrN2O4S. The fraction of sp³-hybridized carbons (Fsp3) is 0.105. The summed E-state index contributed by atoms with van der Waals surface area (Å²) in [5.41, 5.74) is 1.000. The van der Waals surface area contributed by atoms with Crippen LogP contribution in [0.3, 0.4) is 0 Å². The van der Waals surface area contributed by atoms with Crippen molar-refractivity contribution in [3.8, 4) is 11.5 Å². The van der Waals surface area contributed by atoms with Gasteiger partial charge >= 0.3 is 0 Å². The summed E-state index contributed by atoms with van der Waals surface area (Å²) >= 11 is 8.53. The van der Waals surface area contributed by atoms with Crippen LogP contribution in [0.5, 0.6) is 11.5 Å². The fourth-order valence-electron chi connectivity index (χ4n) is 2.57. The lowest BCUT2D eigenvalue weighted by Gasteiger charge is -2.29. The third-order valence-corrected chi connectivity index (χ3v) is 4.54. The number of thiocarbonyl (C=S) groups is 1. The zero-order chi connectivity index (χ0) is 19.6. The van der Waals surface area contributed by atoms with Crippen LogP contribution in [-0.4, -0.2) is 28.6 Å². The number of carbonyl (C=O) groups is 2. The van der Waals surface area contributed by atoms with Crippen LogP contribution in [0.15, 0.2) is 52.5 Å². The Balaban J connectivity index is 2.00. The van der Waals surface area contributed by atoms with E-state index < -0.39 is 11.8 Å². The predicted molar refractivity (Wildman–Crippen MR) is 110 cm³/mol. The van der Waals surface area contributed by atoms with E-state index in [0.717, 1.165) is 4.47 Å². The van der Waals surface area contributed by atoms with E-state index >= 15 is 0 Å². The summed E-state index contributed by atoms with van der Waals surface area (Å²) in [7, 11) is 0. The summed E-state index contributed by atoms with van der Waals surface area (Å²) in [4.78, 5) is 26.6. The van der Waals surface area contributed by atoms with Gasteiger partial charge in [0, 0.05) is 4.47 Å². The van der Waals surface area contributed by atoms with Gasteiger partial charge in [-0.25, -0.2) is 0 Å². The fourth-order valence-corrected chi connectivity index (χ4v) is 3.23. The molecule has 2 amide bonds. The largest absolute Gasteiger partial charge is 0.504 e. The molecule has 0 aliphatic carbocycles. The first-order chi connectivity index (χ1) is 12.9. The monoisotopic (exact) mass is 446 g/mol. The van der Waals surface area contributed by atoms with Gasteiger partial charge in [-0.3, -0.25) is 19.8 Å². The number of nitrogens with zero attached hydrogens (tertiary/aromatic N) is 1. The normalized spacial score (nSPS) is 15.9. The van der Waals surface area contributed by atoms with E-state index in [2.05, 4.69) is 21.2 Å². The highest BCUT2D eigenvalue weighted by Gasteiger charge is 2.34. The Labute approximate surface area is 169 Å². The topological polar surface area (TPSA) is 78.9 Å². The maximum absolute atomic E-state index is 13.0. The zero-order valence-corrected chi connectivity index (χ0v) is 16.6. The number of benzene rings is 2. The summed E-state index contributed by atoms with van der Waals surface area (Å²) in [5.74, 6) is -0.861. The highest BCUT2D eigenvalue weighted by atomic mass is 79.9. The van der Waals surface area contributed by atoms with Gasteiger partial charge in [0.15, 0.2) is 16.6 Å². The molecule has 1 aliphatic heterocycles. The molecule has 1 fully saturated rings. The molecule has 1 aliphatic rings. The summed E-state index contributed by atoms with van der Waals surface area (Å²) in [6.45, 7) is 2.16. The summed E-state index contributed by atoms with van der Waals surface area (Å²) in [5, 5.41) is 12.4. The van der Waals surface area contributed by atoms with Crippen molar-refractivity contribution >= 4 is 56.8 Å². The number of nitrogens with one attached hydrogen (secondary N) is 1. The van der Waals surface area contributed by atoms with Crippen molar-refractivity contribution < 1.29 is 19.4 Å². The van der Waals surface area contributed by atoms with Gasteiger partial charge < -0.3 is 9.84 Å². The van der Waals surface area contributed by atoms with Crippen LogP contribution in [0.2, 0.25) is 0 Å². The summed E-state index contributed by atoms with van der Waals surface area (Å²) in [6, 6.07) is 11.6. The molecule has 0 bridgehead atoms. The van der Waals surface area contributed by atoms with Crippen LogP contribution in [0.25, 0.3) is 6.08 Å². The van der Waals surface area contributed by atoms with E-state index in [0.29, 0.717) is 17.9 Å². The number of ether oxygens (including phenoxy) is 1. The first-order valence-electron chi connectivity index (χ1n) is 8.03. The molecule has 0 atom stereocenters. The van der Waals surface area contributed by atoms with Crippen molar-refractivity contribution in [2.24, 2.45) is 0 Å². The third-order valence-electron chi connectivity index (χ3n) is 3.76. The average Bonchev–Trinajstić information content (AvgIpc) is 2.61. The molecule has 0 spiro atoms. The van der Waals surface area contributed by atoms with Gasteiger partial charge in [-0.1, -0.05) is 28.1 Å². The standard InChI is InChI=1S/C19H15BrN2O4S/c1-2-26-16-9-11(6-7-15(16)23)8-14-17(24)21-19(27)22(18(14)25)13-5-3-4-12(20)10-13/h3-10,23H,2H2,1H3,(H,21,24,27)/b14-8-.